The number of anilines is 1. The maximum atomic E-state index is 12.7. The van der Waals surface area contributed by atoms with Gasteiger partial charge in [0.05, 0.1) is 0 Å². The van der Waals surface area contributed by atoms with Gasteiger partial charge >= 0.3 is 0 Å². The van der Waals surface area contributed by atoms with Crippen LogP contribution >= 0.6 is 0 Å². The van der Waals surface area contributed by atoms with Gasteiger partial charge in [0, 0.05) is 43.0 Å². The van der Waals surface area contributed by atoms with Gasteiger partial charge in [-0.1, -0.05) is 31.2 Å². The Bertz CT molecular complexity index is 842. The quantitative estimate of drug-likeness (QED) is 0.828. The van der Waals surface area contributed by atoms with Gasteiger partial charge in [0.2, 0.25) is 6.41 Å². The van der Waals surface area contributed by atoms with Crippen LogP contribution in [0.5, 0.6) is 0 Å². The first-order valence-corrected chi connectivity index (χ1v) is 9.10. The van der Waals surface area contributed by atoms with Crippen molar-refractivity contribution in [2.45, 2.75) is 13.3 Å². The Morgan fingerprint density at radius 3 is 2.41 bits per heavy atom. The molecule has 6 heteroatoms. The molecule has 0 unspecified atom stereocenters. The maximum Gasteiger partial charge on any atom is 0.255 e. The van der Waals surface area contributed by atoms with E-state index in [1.807, 2.05) is 31.2 Å². The third-order valence-electron chi connectivity index (χ3n) is 4.77. The summed E-state index contributed by atoms with van der Waals surface area (Å²) in [5.74, 6) is -0.361. The molecule has 0 bridgehead atoms. The second kappa shape index (κ2) is 8.49. The first-order valence-electron chi connectivity index (χ1n) is 9.10. The van der Waals surface area contributed by atoms with E-state index in [9.17, 15) is 14.4 Å². The highest BCUT2D eigenvalue weighted by atomic mass is 16.2. The third kappa shape index (κ3) is 4.34. The van der Waals surface area contributed by atoms with Crippen molar-refractivity contribution in [2.75, 3.05) is 31.5 Å². The van der Waals surface area contributed by atoms with Gasteiger partial charge in [-0.2, -0.15) is 0 Å². The van der Waals surface area contributed by atoms with Crippen molar-refractivity contribution >= 4 is 23.9 Å². The molecule has 1 aliphatic heterocycles. The predicted octanol–water partition coefficient (Wildman–Crippen LogP) is 2.42. The van der Waals surface area contributed by atoms with Crippen molar-refractivity contribution < 1.29 is 14.4 Å². The number of carbonyl (C=O) groups is 3. The number of rotatable bonds is 5. The Labute approximate surface area is 158 Å². The van der Waals surface area contributed by atoms with Crippen molar-refractivity contribution in [3.63, 3.8) is 0 Å². The molecular weight excluding hydrogens is 342 g/mol. The summed E-state index contributed by atoms with van der Waals surface area (Å²) in [7, 11) is 0. The monoisotopic (exact) mass is 365 g/mol. The lowest BCUT2D eigenvalue weighted by molar-refractivity contribution is -0.119. The largest absolute Gasteiger partial charge is 0.342 e. The van der Waals surface area contributed by atoms with Gasteiger partial charge in [-0.3, -0.25) is 14.4 Å². The summed E-state index contributed by atoms with van der Waals surface area (Å²) in [6.45, 7) is 4.09. The maximum absolute atomic E-state index is 12.7. The van der Waals surface area contributed by atoms with E-state index in [0.717, 1.165) is 24.1 Å². The first kappa shape index (κ1) is 18.6. The lowest BCUT2D eigenvalue weighted by Gasteiger charge is -2.32. The number of para-hydroxylation sites is 1. The average Bonchev–Trinajstić information content (AvgIpc) is 2.73. The minimum absolute atomic E-state index is 0.121. The normalized spacial score (nSPS) is 14.0. The first-order chi connectivity index (χ1) is 13.1. The van der Waals surface area contributed by atoms with Crippen molar-refractivity contribution in [1.82, 2.24) is 9.80 Å². The smallest absolute Gasteiger partial charge is 0.255 e. The Morgan fingerprint density at radius 2 is 1.70 bits per heavy atom. The van der Waals surface area contributed by atoms with Crippen LogP contribution in [0.15, 0.2) is 48.5 Å². The average molecular weight is 365 g/mol. The second-order valence-electron chi connectivity index (χ2n) is 6.48. The highest BCUT2D eigenvalue weighted by molar-refractivity contribution is 6.06. The molecule has 1 N–H and O–H groups in total. The highest BCUT2D eigenvalue weighted by Crippen LogP contribution is 2.17. The standard InChI is InChI=1S/C21H23N3O3/c1-2-16-6-3-4-9-19(16)22-20(26)17-7-5-8-18(14-17)21(27)24-12-10-23(15-25)11-13-24/h3-9,14-15H,2,10-13H2,1H3,(H,22,26). The molecule has 0 spiro atoms. The molecule has 0 atom stereocenters. The number of aryl methyl sites for hydroxylation is 1. The molecule has 27 heavy (non-hydrogen) atoms. The van der Waals surface area contributed by atoms with Crippen LogP contribution in [0, 0.1) is 0 Å². The number of nitrogens with one attached hydrogen (secondary N) is 1. The fourth-order valence-electron chi connectivity index (χ4n) is 3.15. The van der Waals surface area contributed by atoms with E-state index in [4.69, 9.17) is 0 Å². The minimum atomic E-state index is -0.240. The fraction of sp³-hybridized carbons (Fsp3) is 0.286. The number of hydrogen-bond donors (Lipinski definition) is 1. The van der Waals surface area contributed by atoms with Crippen LogP contribution in [0.4, 0.5) is 5.69 Å². The fourth-order valence-corrected chi connectivity index (χ4v) is 3.15. The van der Waals surface area contributed by atoms with Crippen LogP contribution in [-0.4, -0.2) is 54.2 Å². The zero-order chi connectivity index (χ0) is 19.2. The van der Waals surface area contributed by atoms with Gasteiger partial charge in [-0.05, 0) is 36.2 Å². The van der Waals surface area contributed by atoms with Crippen LogP contribution in [0.3, 0.4) is 0 Å². The van der Waals surface area contributed by atoms with E-state index in [-0.39, 0.29) is 11.8 Å². The Balaban J connectivity index is 1.72. The summed E-state index contributed by atoms with van der Waals surface area (Å²) in [5.41, 5.74) is 2.77. The van der Waals surface area contributed by atoms with E-state index >= 15 is 0 Å². The number of benzene rings is 2. The van der Waals surface area contributed by atoms with Crippen LogP contribution in [0.2, 0.25) is 0 Å². The zero-order valence-corrected chi connectivity index (χ0v) is 15.4. The van der Waals surface area contributed by atoms with E-state index in [2.05, 4.69) is 5.32 Å². The molecule has 1 fully saturated rings. The number of nitrogens with zero attached hydrogens (tertiary/aromatic N) is 2. The Morgan fingerprint density at radius 1 is 1.00 bits per heavy atom. The summed E-state index contributed by atoms with van der Waals surface area (Å²) in [6, 6.07) is 14.4. The molecule has 0 aromatic heterocycles. The molecule has 2 aromatic rings. The molecule has 140 valence electrons. The van der Waals surface area contributed by atoms with Gasteiger partial charge in [-0.15, -0.1) is 0 Å². The molecular formula is C21H23N3O3. The second-order valence-corrected chi connectivity index (χ2v) is 6.48. The molecule has 0 saturated carbocycles. The summed E-state index contributed by atoms with van der Waals surface area (Å²) in [6.07, 6.45) is 1.63. The summed E-state index contributed by atoms with van der Waals surface area (Å²) in [5, 5.41) is 2.93. The highest BCUT2D eigenvalue weighted by Gasteiger charge is 2.22. The molecule has 3 amide bonds. The Hall–Kier alpha value is -3.15. The molecule has 6 nitrogen and oxygen atoms in total. The number of piperazine rings is 1. The van der Waals surface area contributed by atoms with Crippen LogP contribution < -0.4 is 5.32 Å². The molecule has 2 aromatic carbocycles. The summed E-state index contributed by atoms with van der Waals surface area (Å²) < 4.78 is 0. The van der Waals surface area contributed by atoms with E-state index in [0.29, 0.717) is 37.3 Å². The number of amides is 3. The van der Waals surface area contributed by atoms with Gasteiger partial charge in [0.25, 0.3) is 11.8 Å². The molecule has 0 radical (unpaired) electrons. The zero-order valence-electron chi connectivity index (χ0n) is 15.4. The lowest BCUT2D eigenvalue weighted by atomic mass is 10.1. The van der Waals surface area contributed by atoms with Gasteiger partial charge in [0.15, 0.2) is 0 Å². The molecule has 0 aliphatic carbocycles. The molecule has 3 rings (SSSR count). The van der Waals surface area contributed by atoms with Crippen molar-refractivity contribution in [3.05, 3.63) is 65.2 Å². The van der Waals surface area contributed by atoms with Crippen LogP contribution in [0.1, 0.15) is 33.2 Å². The number of carbonyl (C=O) groups excluding carboxylic acids is 3. The predicted molar refractivity (Wildman–Crippen MR) is 104 cm³/mol. The van der Waals surface area contributed by atoms with E-state index in [1.165, 1.54) is 0 Å². The molecule has 1 heterocycles. The summed E-state index contributed by atoms with van der Waals surface area (Å²) in [4.78, 5) is 39.5. The molecule has 1 saturated heterocycles. The Kier molecular flexibility index (Phi) is 5.86. The lowest BCUT2D eigenvalue weighted by Crippen LogP contribution is -2.48. The van der Waals surface area contributed by atoms with Crippen molar-refractivity contribution in [1.29, 1.82) is 0 Å². The van der Waals surface area contributed by atoms with E-state index in [1.54, 1.807) is 34.1 Å². The van der Waals surface area contributed by atoms with Crippen LogP contribution in [0.25, 0.3) is 0 Å². The van der Waals surface area contributed by atoms with Crippen molar-refractivity contribution in [3.8, 4) is 0 Å². The number of hydrogen-bond acceptors (Lipinski definition) is 3. The van der Waals surface area contributed by atoms with Crippen LogP contribution in [-0.2, 0) is 11.2 Å². The van der Waals surface area contributed by atoms with Crippen molar-refractivity contribution in [2.24, 2.45) is 0 Å². The topological polar surface area (TPSA) is 69.7 Å². The summed E-state index contributed by atoms with van der Waals surface area (Å²) >= 11 is 0. The minimum Gasteiger partial charge on any atom is -0.342 e. The van der Waals surface area contributed by atoms with Gasteiger partial charge in [0.1, 0.15) is 0 Å². The SMILES string of the molecule is CCc1ccccc1NC(=O)c1cccc(C(=O)N2CCN(C=O)CC2)c1. The van der Waals surface area contributed by atoms with Gasteiger partial charge < -0.3 is 15.1 Å². The third-order valence-corrected chi connectivity index (χ3v) is 4.77. The van der Waals surface area contributed by atoms with Gasteiger partial charge in [-0.25, -0.2) is 0 Å². The molecule has 1 aliphatic rings. The van der Waals surface area contributed by atoms with E-state index < -0.39 is 0 Å².